The van der Waals surface area contributed by atoms with Crippen LogP contribution in [0.15, 0.2) is 134 Å². The number of carbonyl (C=O) groups is 2. The number of amides is 2. The Labute approximate surface area is 535 Å². The molecular formula is C78H94N6O6. The van der Waals surface area contributed by atoms with E-state index in [1.54, 1.807) is 12.4 Å². The molecule has 0 spiro atoms. The highest BCUT2D eigenvalue weighted by molar-refractivity contribution is 5.78. The van der Waals surface area contributed by atoms with Crippen LogP contribution in [-0.4, -0.2) is 80.9 Å². The van der Waals surface area contributed by atoms with Gasteiger partial charge in [0, 0.05) is 64.3 Å². The number of ether oxygens (including phenoxy) is 4. The Morgan fingerprint density at radius 2 is 0.633 bits per heavy atom. The maximum Gasteiger partial charge on any atom is 0.260 e. The number of likely N-dealkylation sites (N-methyl/N-ethyl adjacent to an activating group) is 2. The average molecular weight is 1210 g/mol. The van der Waals surface area contributed by atoms with Crippen LogP contribution in [0.2, 0.25) is 0 Å². The molecule has 0 N–H and O–H groups in total. The normalized spacial score (nSPS) is 12.7. The third kappa shape index (κ3) is 16.0. The molecule has 90 heavy (non-hydrogen) atoms. The lowest BCUT2D eigenvalue weighted by atomic mass is 9.79. The molecule has 0 aliphatic heterocycles. The van der Waals surface area contributed by atoms with Gasteiger partial charge in [-0.1, -0.05) is 156 Å². The number of carbonyl (C=O) groups excluding carboxylic acids is 2. The summed E-state index contributed by atoms with van der Waals surface area (Å²) in [6.45, 7) is 37.3. The highest BCUT2D eigenvalue weighted by Gasteiger charge is 2.31. The molecule has 0 saturated carbocycles. The lowest BCUT2D eigenvalue weighted by Crippen LogP contribution is -2.34. The monoisotopic (exact) mass is 1210 g/mol. The van der Waals surface area contributed by atoms with Crippen LogP contribution in [-0.2, 0) is 70.1 Å². The van der Waals surface area contributed by atoms with Crippen molar-refractivity contribution in [3.8, 4) is 45.8 Å². The van der Waals surface area contributed by atoms with Crippen LogP contribution in [0.25, 0.3) is 22.8 Å². The molecule has 1 aliphatic rings. The number of hydrogen-bond acceptors (Lipinski definition) is 10. The number of pyridine rings is 4. The fraction of sp³-hybridized carbons (Fsp3) is 0.410. The summed E-state index contributed by atoms with van der Waals surface area (Å²) in [6.07, 6.45) is 5.13. The van der Waals surface area contributed by atoms with E-state index >= 15 is 0 Å². The Morgan fingerprint density at radius 1 is 0.367 bits per heavy atom. The summed E-state index contributed by atoms with van der Waals surface area (Å²) >= 11 is 0. The molecule has 2 amide bonds. The Morgan fingerprint density at radius 3 is 0.878 bits per heavy atom. The second kappa shape index (κ2) is 27.8. The average Bonchev–Trinajstić information content (AvgIpc) is 0.897. The molecule has 0 fully saturated rings. The smallest absolute Gasteiger partial charge is 0.260 e. The van der Waals surface area contributed by atoms with E-state index in [4.69, 9.17) is 28.9 Å². The number of aromatic nitrogens is 4. The van der Waals surface area contributed by atoms with Crippen LogP contribution in [0.3, 0.4) is 0 Å². The molecule has 8 bridgehead atoms. The largest absolute Gasteiger partial charge is 0.487 e. The van der Waals surface area contributed by atoms with Gasteiger partial charge in [0.25, 0.3) is 11.8 Å². The van der Waals surface area contributed by atoms with Gasteiger partial charge in [-0.25, -0.2) is 9.97 Å². The van der Waals surface area contributed by atoms with Gasteiger partial charge in [-0.2, -0.15) is 0 Å². The van der Waals surface area contributed by atoms with Crippen molar-refractivity contribution in [1.82, 2.24) is 29.7 Å². The molecule has 9 rings (SSSR count). The Kier molecular flexibility index (Phi) is 20.4. The molecule has 4 heterocycles. The Hall–Kier alpha value is -8.38. The maximum atomic E-state index is 14.3. The van der Waals surface area contributed by atoms with Gasteiger partial charge in [-0.3, -0.25) is 19.6 Å². The highest BCUT2D eigenvalue weighted by Crippen LogP contribution is 2.45. The van der Waals surface area contributed by atoms with E-state index in [9.17, 15) is 9.59 Å². The molecule has 0 radical (unpaired) electrons. The zero-order valence-electron chi connectivity index (χ0n) is 56.3. The summed E-state index contributed by atoms with van der Waals surface area (Å²) in [5.74, 6) is 2.57. The first kappa shape index (κ1) is 66.0. The van der Waals surface area contributed by atoms with Crippen LogP contribution >= 0.6 is 0 Å². The van der Waals surface area contributed by atoms with Crippen molar-refractivity contribution in [1.29, 1.82) is 0 Å². The first-order chi connectivity index (χ1) is 42.7. The topological polar surface area (TPSA) is 129 Å². The van der Waals surface area contributed by atoms with Crippen molar-refractivity contribution >= 4 is 11.8 Å². The lowest BCUT2D eigenvalue weighted by molar-refractivity contribution is -0.133. The van der Waals surface area contributed by atoms with Gasteiger partial charge in [0.05, 0.1) is 34.2 Å². The van der Waals surface area contributed by atoms with E-state index in [0.717, 1.165) is 112 Å². The van der Waals surface area contributed by atoms with E-state index in [1.165, 1.54) is 0 Å². The molecule has 4 aromatic carbocycles. The zero-order valence-corrected chi connectivity index (χ0v) is 56.3. The van der Waals surface area contributed by atoms with Gasteiger partial charge in [0.15, 0.2) is 13.2 Å². The molecule has 1 aliphatic carbocycles. The van der Waals surface area contributed by atoms with E-state index in [-0.39, 0.29) is 59.9 Å². The van der Waals surface area contributed by atoms with Crippen molar-refractivity contribution in [2.75, 3.05) is 39.4 Å². The van der Waals surface area contributed by atoms with Crippen LogP contribution in [0.4, 0.5) is 0 Å². The molecule has 0 unspecified atom stereocenters. The van der Waals surface area contributed by atoms with Crippen LogP contribution in [0.1, 0.15) is 189 Å². The van der Waals surface area contributed by atoms with Gasteiger partial charge < -0.3 is 28.7 Å². The summed E-state index contributed by atoms with van der Waals surface area (Å²) in [6, 6.07) is 41.9. The van der Waals surface area contributed by atoms with E-state index < -0.39 is 0 Å². The first-order valence-electron chi connectivity index (χ1n) is 32.2. The molecule has 4 aromatic heterocycles. The van der Waals surface area contributed by atoms with Crippen molar-refractivity contribution in [2.45, 2.75) is 171 Å². The number of hydrogen-bond donors (Lipinski definition) is 0. The third-order valence-corrected chi connectivity index (χ3v) is 17.1. The van der Waals surface area contributed by atoms with Crippen LogP contribution in [0, 0.1) is 0 Å². The van der Waals surface area contributed by atoms with Gasteiger partial charge in [-0.15, -0.1) is 0 Å². The summed E-state index contributed by atoms with van der Waals surface area (Å²) in [5.41, 5.74) is 15.3. The minimum Gasteiger partial charge on any atom is -0.487 e. The summed E-state index contributed by atoms with van der Waals surface area (Å²) in [7, 11) is 0. The molecule has 12 heteroatoms. The summed E-state index contributed by atoms with van der Waals surface area (Å²) < 4.78 is 29.0. The van der Waals surface area contributed by atoms with E-state index in [1.807, 2.05) is 110 Å². The molecule has 0 saturated heterocycles. The van der Waals surface area contributed by atoms with E-state index in [0.29, 0.717) is 63.4 Å². The standard InChI is InChI=1S/C78H94N6O6/c1-17-83(18-2)69(85)49-89-73-55-35-51-39-59(75(5,6)7)41-53(71(51)87-47-63-27-25-31-67(81-63)65-29-21-23-33-79-65)37-57-45-62(78(14,15)16)46-58(74(57)90-50-70(86)84(19-3)20-4)38-54-42-60(76(8,9)10)40-52(36-56(73)44-61(43-55)77(11,12)13)72(54)88-48-64-28-26-32-68(82-64)66-30-22-24-34-80-66/h21-34,39-46H,17-20,35-38,47-50H2,1-16H3. The third-order valence-electron chi connectivity index (χ3n) is 17.1. The first-order valence-corrected chi connectivity index (χ1v) is 32.2. The number of benzene rings is 4. The van der Waals surface area contributed by atoms with Gasteiger partial charge in [-0.05, 0) is 165 Å². The Balaban J connectivity index is 1.37. The second-order valence-electron chi connectivity index (χ2n) is 27.9. The van der Waals surface area contributed by atoms with Crippen molar-refractivity contribution in [2.24, 2.45) is 0 Å². The Bertz CT molecular complexity index is 3480. The fourth-order valence-electron chi connectivity index (χ4n) is 11.7. The van der Waals surface area contributed by atoms with E-state index in [2.05, 4.69) is 142 Å². The number of rotatable bonds is 18. The number of nitrogens with zero attached hydrogens (tertiary/aromatic N) is 6. The minimum atomic E-state index is -0.305. The molecule has 472 valence electrons. The summed E-state index contributed by atoms with van der Waals surface area (Å²) in [4.78, 5) is 51.7. The zero-order chi connectivity index (χ0) is 64.7. The van der Waals surface area contributed by atoms with Crippen molar-refractivity contribution in [3.63, 3.8) is 0 Å². The van der Waals surface area contributed by atoms with Gasteiger partial charge in [0.2, 0.25) is 0 Å². The molecule has 8 aromatic rings. The maximum absolute atomic E-state index is 14.3. The van der Waals surface area contributed by atoms with Gasteiger partial charge in [0.1, 0.15) is 36.2 Å². The fourth-order valence-corrected chi connectivity index (χ4v) is 11.7. The summed E-state index contributed by atoms with van der Waals surface area (Å²) in [5, 5.41) is 0. The SMILES string of the molecule is CCN(CC)C(=O)COc1c2cc(C(C)(C)C)cc1Cc1cc(C(C)(C)C)cc(c1OCc1cccc(-c3ccccn3)n1)Cc1cc(C(C)(C)C)cc(c1OCC(=O)N(CC)CC)Cc1cc(C(C)(C)C)cc(c1OCc1cccc(-c3ccccn3)n1)C2. The predicted octanol–water partition coefficient (Wildman–Crippen LogP) is 16.1. The lowest BCUT2D eigenvalue weighted by Gasteiger charge is -2.29. The highest BCUT2D eigenvalue weighted by atomic mass is 16.5. The van der Waals surface area contributed by atoms with Crippen LogP contribution < -0.4 is 18.9 Å². The molecular weight excluding hydrogens is 1120 g/mol. The van der Waals surface area contributed by atoms with Crippen LogP contribution in [0.5, 0.6) is 23.0 Å². The second-order valence-corrected chi connectivity index (χ2v) is 27.9. The predicted molar refractivity (Wildman–Crippen MR) is 362 cm³/mol. The van der Waals surface area contributed by atoms with Crippen molar-refractivity contribution < 1.29 is 28.5 Å². The number of fused-ring (bicyclic) bond motifs is 8. The molecule has 12 nitrogen and oxygen atoms in total. The molecule has 0 atom stereocenters. The minimum absolute atomic E-state index is 0.0885. The quantitative estimate of drug-likeness (QED) is 0.0819. The van der Waals surface area contributed by atoms with Crippen molar-refractivity contribution in [3.05, 3.63) is 212 Å². The van der Waals surface area contributed by atoms with Gasteiger partial charge >= 0.3 is 0 Å².